The molecule has 0 aliphatic carbocycles. The van der Waals surface area contributed by atoms with Gasteiger partial charge in [0.05, 0.1) is 12.1 Å². The lowest BCUT2D eigenvalue weighted by Crippen LogP contribution is -2.01. The zero-order valence-corrected chi connectivity index (χ0v) is 16.4. The normalized spacial score (nSPS) is 11.1. The predicted octanol–water partition coefficient (Wildman–Crippen LogP) is 2.88. The minimum absolute atomic E-state index is 0.132. The molecule has 0 bridgehead atoms. The van der Waals surface area contributed by atoms with Gasteiger partial charge in [-0.1, -0.05) is 46.0 Å². The van der Waals surface area contributed by atoms with Crippen LogP contribution in [0.5, 0.6) is 0 Å². The molecule has 0 radical (unpaired) electrons. The summed E-state index contributed by atoms with van der Waals surface area (Å²) in [6.45, 7) is 5.07. The van der Waals surface area contributed by atoms with Crippen LogP contribution in [0.25, 0.3) is 0 Å². The van der Waals surface area contributed by atoms with Gasteiger partial charge in [0.25, 0.3) is 10.1 Å². The molecule has 150 valence electrons. The van der Waals surface area contributed by atoms with E-state index in [4.69, 9.17) is 22.1 Å². The molecule has 0 unspecified atom stereocenters. The van der Waals surface area contributed by atoms with Crippen molar-refractivity contribution in [2.24, 2.45) is 0 Å². The Morgan fingerprint density at radius 1 is 0.880 bits per heavy atom. The summed E-state index contributed by atoms with van der Waals surface area (Å²) in [6.07, 6.45) is 14.4. The summed E-state index contributed by atoms with van der Waals surface area (Å²) < 4.78 is 61.3. The van der Waals surface area contributed by atoms with Gasteiger partial charge in [-0.2, -0.15) is 16.8 Å². The average molecular weight is 403 g/mol. The molecule has 0 aliphatic heterocycles. The maximum absolute atomic E-state index is 9.79. The van der Waals surface area contributed by atoms with Crippen LogP contribution in [0.4, 0.5) is 0 Å². The molecule has 1 aromatic heterocycles. The Labute approximate surface area is 150 Å². The number of rotatable bonds is 9. The van der Waals surface area contributed by atoms with Gasteiger partial charge in [-0.05, 0) is 12.8 Å². The molecule has 0 amide bonds. The molecule has 3 N–H and O–H groups in total. The molecule has 1 aromatic rings. The third kappa shape index (κ3) is 31.3. The molecule has 25 heavy (non-hydrogen) atoms. The fraction of sp³-hybridized carbons (Fsp3) is 0.786. The second kappa shape index (κ2) is 15.3. The largest absolute Gasteiger partial charge is 0.394 e. The molecule has 1 heterocycles. The Hall–Kier alpha value is -1.01. The molecule has 11 heteroatoms. The highest BCUT2D eigenvalue weighted by Gasteiger charge is 1.98. The second-order valence-corrected chi connectivity index (χ2v) is 7.77. The lowest BCUT2D eigenvalue weighted by atomic mass is 10.1. The highest BCUT2D eigenvalue weighted by molar-refractivity contribution is 7.85. The molecule has 0 aliphatic rings. The molecule has 0 saturated heterocycles. The van der Waals surface area contributed by atoms with Crippen molar-refractivity contribution in [1.82, 2.24) is 9.55 Å². The molecule has 0 fully saturated rings. The van der Waals surface area contributed by atoms with E-state index in [1.54, 1.807) is 6.92 Å². The van der Waals surface area contributed by atoms with Crippen LogP contribution in [0.1, 0.15) is 58.8 Å². The topological polar surface area (TPSA) is 147 Å². The number of aromatic nitrogens is 2. The van der Waals surface area contributed by atoms with Crippen LogP contribution in [-0.4, -0.2) is 45.8 Å². The standard InChI is InChI=1S/C11H20N2.C3H8O3S.H2O4S/c1-2-3-4-5-6-7-9-13-10-8-12-11-13;1-2-3-7(4,5)6;1-5(2,3)4/h8,10-11H,2-7,9H2,1H3;2-3H2,1H3,(H,4,5,6);(H2,1,2,3,4). The van der Waals surface area contributed by atoms with Crippen molar-refractivity contribution in [3.05, 3.63) is 18.7 Å². The first kappa shape index (κ1) is 26.2. The summed E-state index contributed by atoms with van der Waals surface area (Å²) in [4.78, 5) is 4.01. The van der Waals surface area contributed by atoms with E-state index in [0.29, 0.717) is 6.42 Å². The highest BCUT2D eigenvalue weighted by Crippen LogP contribution is 2.05. The zero-order chi connectivity index (χ0) is 19.8. The van der Waals surface area contributed by atoms with Gasteiger partial charge in [0.2, 0.25) is 0 Å². The Balaban J connectivity index is 0. The lowest BCUT2D eigenvalue weighted by molar-refractivity contribution is 0.381. The SMILES string of the molecule is CCCCCCCCn1ccnc1.CCCS(=O)(=O)O.O=S(=O)(O)O. The molecular formula is C14H30N2O7S2. The summed E-state index contributed by atoms with van der Waals surface area (Å²) in [5, 5.41) is 0. The zero-order valence-electron chi connectivity index (χ0n) is 14.8. The molecule has 0 atom stereocenters. The minimum atomic E-state index is -4.67. The smallest absolute Gasteiger partial charge is 0.337 e. The van der Waals surface area contributed by atoms with E-state index in [1.807, 2.05) is 18.7 Å². The van der Waals surface area contributed by atoms with Crippen molar-refractivity contribution >= 4 is 20.5 Å². The third-order valence-corrected chi connectivity index (χ3v) is 3.72. The maximum Gasteiger partial charge on any atom is 0.394 e. The van der Waals surface area contributed by atoms with Gasteiger partial charge in [-0.15, -0.1) is 0 Å². The predicted molar refractivity (Wildman–Crippen MR) is 96.5 cm³/mol. The Morgan fingerprint density at radius 2 is 1.40 bits per heavy atom. The van der Waals surface area contributed by atoms with Crippen molar-refractivity contribution < 1.29 is 30.5 Å². The van der Waals surface area contributed by atoms with E-state index in [2.05, 4.69) is 16.5 Å². The number of nitrogens with zero attached hydrogens (tertiary/aromatic N) is 2. The van der Waals surface area contributed by atoms with Crippen molar-refractivity contribution in [3.63, 3.8) is 0 Å². The van der Waals surface area contributed by atoms with Crippen molar-refractivity contribution in [2.75, 3.05) is 5.75 Å². The fourth-order valence-electron chi connectivity index (χ4n) is 1.75. The summed E-state index contributed by atoms with van der Waals surface area (Å²) in [6, 6.07) is 0. The first-order valence-electron chi connectivity index (χ1n) is 8.10. The number of aryl methyl sites for hydroxylation is 1. The molecular weight excluding hydrogens is 372 g/mol. The van der Waals surface area contributed by atoms with Gasteiger partial charge in [0, 0.05) is 18.9 Å². The Bertz CT molecular complexity index is 591. The van der Waals surface area contributed by atoms with Gasteiger partial charge in [0.15, 0.2) is 0 Å². The third-order valence-electron chi connectivity index (χ3n) is 2.79. The quantitative estimate of drug-likeness (QED) is 0.422. The summed E-state index contributed by atoms with van der Waals surface area (Å²) >= 11 is 0. The number of hydrogen-bond acceptors (Lipinski definition) is 5. The fourth-order valence-corrected chi connectivity index (χ4v) is 2.27. The first-order chi connectivity index (χ1) is 11.5. The summed E-state index contributed by atoms with van der Waals surface area (Å²) in [7, 11) is -8.34. The van der Waals surface area contributed by atoms with E-state index < -0.39 is 20.5 Å². The van der Waals surface area contributed by atoms with Gasteiger partial charge in [-0.3, -0.25) is 13.7 Å². The van der Waals surface area contributed by atoms with Crippen molar-refractivity contribution in [3.8, 4) is 0 Å². The summed E-state index contributed by atoms with van der Waals surface area (Å²) in [5.41, 5.74) is 0. The van der Waals surface area contributed by atoms with Crippen LogP contribution in [0.2, 0.25) is 0 Å². The van der Waals surface area contributed by atoms with Crippen LogP contribution in [-0.2, 0) is 27.1 Å². The Kier molecular flexibility index (Phi) is 16.0. The number of imidazole rings is 1. The van der Waals surface area contributed by atoms with E-state index >= 15 is 0 Å². The van der Waals surface area contributed by atoms with Crippen LogP contribution < -0.4 is 0 Å². The van der Waals surface area contributed by atoms with E-state index in [1.165, 1.54) is 38.5 Å². The lowest BCUT2D eigenvalue weighted by Gasteiger charge is -2.01. The van der Waals surface area contributed by atoms with Crippen LogP contribution in [0, 0.1) is 0 Å². The van der Waals surface area contributed by atoms with Crippen molar-refractivity contribution in [2.45, 2.75) is 65.3 Å². The van der Waals surface area contributed by atoms with Gasteiger partial charge in [-0.25, -0.2) is 4.98 Å². The molecule has 1 rings (SSSR count). The number of hydrogen-bond donors (Lipinski definition) is 3. The maximum atomic E-state index is 9.79. The molecule has 0 aromatic carbocycles. The summed E-state index contributed by atoms with van der Waals surface area (Å²) in [5.74, 6) is -0.132. The first-order valence-corrected chi connectivity index (χ1v) is 11.1. The minimum Gasteiger partial charge on any atom is -0.337 e. The van der Waals surface area contributed by atoms with E-state index in [0.717, 1.165) is 6.54 Å². The van der Waals surface area contributed by atoms with E-state index in [-0.39, 0.29) is 5.75 Å². The van der Waals surface area contributed by atoms with Crippen molar-refractivity contribution in [1.29, 1.82) is 0 Å². The monoisotopic (exact) mass is 402 g/mol. The Morgan fingerprint density at radius 3 is 1.76 bits per heavy atom. The van der Waals surface area contributed by atoms with Crippen LogP contribution in [0.3, 0.4) is 0 Å². The van der Waals surface area contributed by atoms with Gasteiger partial charge >= 0.3 is 10.4 Å². The van der Waals surface area contributed by atoms with Gasteiger partial charge in [0.1, 0.15) is 0 Å². The second-order valence-electron chi connectivity index (χ2n) is 5.30. The van der Waals surface area contributed by atoms with Crippen LogP contribution >= 0.6 is 0 Å². The molecule has 0 saturated carbocycles. The van der Waals surface area contributed by atoms with Gasteiger partial charge < -0.3 is 4.57 Å². The highest BCUT2D eigenvalue weighted by atomic mass is 32.3. The molecule has 9 nitrogen and oxygen atoms in total. The van der Waals surface area contributed by atoms with Crippen LogP contribution in [0.15, 0.2) is 18.7 Å². The average Bonchev–Trinajstić information content (AvgIpc) is 2.93. The van der Waals surface area contributed by atoms with E-state index in [9.17, 15) is 8.42 Å². The number of unbranched alkanes of at least 4 members (excludes halogenated alkanes) is 5. The molecule has 0 spiro atoms.